The molecule has 0 fully saturated rings. The van der Waals surface area contributed by atoms with Crippen LogP contribution in [0.4, 0.5) is 5.82 Å². The summed E-state index contributed by atoms with van der Waals surface area (Å²) >= 11 is 3.56. The van der Waals surface area contributed by atoms with E-state index in [2.05, 4.69) is 92.0 Å². The van der Waals surface area contributed by atoms with Crippen molar-refractivity contribution >= 4 is 27.3 Å². The molecule has 0 bridgehead atoms. The zero-order chi connectivity index (χ0) is 22.0. The summed E-state index contributed by atoms with van der Waals surface area (Å²) in [7, 11) is 1.68. The lowest BCUT2D eigenvalue weighted by Gasteiger charge is -2.37. The molecule has 2 heterocycles. The van der Waals surface area contributed by atoms with E-state index in [4.69, 9.17) is 4.74 Å². The van der Waals surface area contributed by atoms with Crippen molar-refractivity contribution in [1.82, 2.24) is 14.6 Å². The Morgan fingerprint density at radius 3 is 1.97 bits per heavy atom. The van der Waals surface area contributed by atoms with E-state index in [0.717, 1.165) is 38.4 Å². The number of anilines is 1. The van der Waals surface area contributed by atoms with Gasteiger partial charge in [0.2, 0.25) is 0 Å². The smallest absolute Gasteiger partial charge is 0.155 e. The van der Waals surface area contributed by atoms with Gasteiger partial charge in [-0.15, -0.1) is 0 Å². The molecule has 1 N–H and O–H groups in total. The van der Waals surface area contributed by atoms with Crippen LogP contribution >= 0.6 is 15.9 Å². The molecule has 5 nitrogen and oxygen atoms in total. The molecule has 0 aliphatic heterocycles. The molecule has 0 unspecified atom stereocenters. The van der Waals surface area contributed by atoms with E-state index in [9.17, 15) is 0 Å². The third-order valence-corrected chi connectivity index (χ3v) is 6.25. The number of nitrogens with zero attached hydrogens (tertiary/aromatic N) is 3. The molecular weight excluding hydrogens is 464 g/mol. The van der Waals surface area contributed by atoms with Gasteiger partial charge in [0.1, 0.15) is 27.7 Å². The number of methoxy groups -OCH3 is 1. The predicted octanol–water partition coefficient (Wildman–Crippen LogP) is 5.90. The number of halogens is 1. The molecule has 0 saturated heterocycles. The topological polar surface area (TPSA) is 51.5 Å². The summed E-state index contributed by atoms with van der Waals surface area (Å²) in [6, 6.07) is 33.0. The van der Waals surface area contributed by atoms with E-state index in [1.54, 1.807) is 13.4 Å². The molecular formula is C26H21BrN4O. The molecule has 0 spiro atoms. The van der Waals surface area contributed by atoms with Crippen molar-refractivity contribution in [2.24, 2.45) is 0 Å². The van der Waals surface area contributed by atoms with E-state index >= 15 is 0 Å². The van der Waals surface area contributed by atoms with Crippen molar-refractivity contribution in [2.75, 3.05) is 12.4 Å². The molecule has 0 atom stereocenters. The molecule has 0 radical (unpaired) electrons. The number of fused-ring (bicyclic) bond motifs is 1. The summed E-state index contributed by atoms with van der Waals surface area (Å²) in [6.45, 7) is 0. The zero-order valence-electron chi connectivity index (χ0n) is 17.4. The summed E-state index contributed by atoms with van der Waals surface area (Å²) in [5.41, 5.74) is 3.44. The maximum atomic E-state index is 5.42. The molecule has 5 rings (SSSR count). The van der Waals surface area contributed by atoms with Gasteiger partial charge in [-0.05, 0) is 56.9 Å². The number of nitrogens with one attached hydrogen (secondary N) is 1. The molecule has 3 aromatic carbocycles. The van der Waals surface area contributed by atoms with E-state index in [0.29, 0.717) is 0 Å². The lowest BCUT2D eigenvalue weighted by Crippen LogP contribution is -2.38. The number of aromatic nitrogens is 3. The summed E-state index contributed by atoms with van der Waals surface area (Å²) in [4.78, 5) is 4.63. The Hall–Kier alpha value is -3.64. The van der Waals surface area contributed by atoms with Gasteiger partial charge in [-0.1, -0.05) is 72.8 Å². The average molecular weight is 485 g/mol. The standard InChI is InChI=1S/C26H21BrN4O/c1-32-22-14-12-21(13-15-22)26(19-8-4-2-5-9-19,20-10-6-3-7-11-20)30-25-23-16-17-24(27)31(23)29-18-28-25/h2-18H,1H3,(H,28,29,30). The van der Waals surface area contributed by atoms with E-state index in [1.165, 1.54) is 0 Å². The maximum absolute atomic E-state index is 5.42. The second kappa shape index (κ2) is 8.48. The third-order valence-electron chi connectivity index (χ3n) is 5.65. The molecule has 0 amide bonds. The average Bonchev–Trinajstić information content (AvgIpc) is 3.25. The van der Waals surface area contributed by atoms with Crippen LogP contribution in [0.15, 0.2) is 108 Å². The molecule has 32 heavy (non-hydrogen) atoms. The monoisotopic (exact) mass is 484 g/mol. The van der Waals surface area contributed by atoms with Crippen LogP contribution in [-0.4, -0.2) is 21.7 Å². The highest BCUT2D eigenvalue weighted by Gasteiger charge is 2.37. The Morgan fingerprint density at radius 2 is 1.38 bits per heavy atom. The lowest BCUT2D eigenvalue weighted by molar-refractivity contribution is 0.414. The van der Waals surface area contributed by atoms with Crippen LogP contribution in [0.25, 0.3) is 5.52 Å². The molecule has 5 aromatic rings. The molecule has 6 heteroatoms. The maximum Gasteiger partial charge on any atom is 0.155 e. The minimum atomic E-state index is -0.694. The van der Waals surface area contributed by atoms with Crippen molar-refractivity contribution in [3.8, 4) is 5.75 Å². The van der Waals surface area contributed by atoms with E-state index in [-0.39, 0.29) is 0 Å². The Kier molecular flexibility index (Phi) is 5.37. The number of hydrogen-bond donors (Lipinski definition) is 1. The van der Waals surface area contributed by atoms with Crippen LogP contribution in [0, 0.1) is 0 Å². The van der Waals surface area contributed by atoms with E-state index in [1.807, 2.05) is 40.9 Å². The Labute approximate surface area is 194 Å². The molecule has 0 saturated carbocycles. The normalized spacial score (nSPS) is 11.4. The second-order valence-corrected chi connectivity index (χ2v) is 8.21. The fraction of sp³-hybridized carbons (Fsp3) is 0.0769. The highest BCUT2D eigenvalue weighted by molar-refractivity contribution is 9.10. The van der Waals surface area contributed by atoms with Gasteiger partial charge in [0.05, 0.1) is 7.11 Å². The Bertz CT molecular complexity index is 1300. The molecule has 0 aliphatic rings. The lowest BCUT2D eigenvalue weighted by atomic mass is 9.77. The summed E-state index contributed by atoms with van der Waals surface area (Å²) in [5.74, 6) is 1.54. The summed E-state index contributed by atoms with van der Waals surface area (Å²) in [5, 5.41) is 8.18. The Balaban J connectivity index is 1.80. The zero-order valence-corrected chi connectivity index (χ0v) is 19.0. The van der Waals surface area contributed by atoms with Crippen LogP contribution in [0.2, 0.25) is 0 Å². The first-order valence-corrected chi connectivity index (χ1v) is 11.0. The van der Waals surface area contributed by atoms with Gasteiger partial charge >= 0.3 is 0 Å². The van der Waals surface area contributed by atoms with Gasteiger partial charge in [-0.2, -0.15) is 5.10 Å². The Morgan fingerprint density at radius 1 is 0.781 bits per heavy atom. The minimum absolute atomic E-state index is 0.694. The van der Waals surface area contributed by atoms with Crippen molar-refractivity contribution in [2.45, 2.75) is 5.54 Å². The van der Waals surface area contributed by atoms with Crippen LogP contribution in [-0.2, 0) is 5.54 Å². The van der Waals surface area contributed by atoms with Crippen LogP contribution < -0.4 is 10.1 Å². The van der Waals surface area contributed by atoms with Gasteiger partial charge in [0, 0.05) is 0 Å². The predicted molar refractivity (Wildman–Crippen MR) is 130 cm³/mol. The van der Waals surface area contributed by atoms with Gasteiger partial charge < -0.3 is 10.1 Å². The molecule has 0 aliphatic carbocycles. The van der Waals surface area contributed by atoms with Crippen molar-refractivity contribution in [3.63, 3.8) is 0 Å². The SMILES string of the molecule is COc1ccc(C(Nc2ncnn3c(Br)ccc23)(c2ccccc2)c2ccccc2)cc1. The molecule has 158 valence electrons. The first kappa shape index (κ1) is 20.3. The third kappa shape index (κ3) is 3.42. The minimum Gasteiger partial charge on any atom is -0.497 e. The van der Waals surface area contributed by atoms with Gasteiger partial charge in [0.25, 0.3) is 0 Å². The summed E-state index contributed by atoms with van der Waals surface area (Å²) in [6.07, 6.45) is 1.56. The highest BCUT2D eigenvalue weighted by atomic mass is 79.9. The number of hydrogen-bond acceptors (Lipinski definition) is 4. The van der Waals surface area contributed by atoms with E-state index < -0.39 is 5.54 Å². The van der Waals surface area contributed by atoms with Gasteiger partial charge in [-0.3, -0.25) is 0 Å². The summed E-state index contributed by atoms with van der Waals surface area (Å²) < 4.78 is 8.11. The van der Waals surface area contributed by atoms with Crippen molar-refractivity contribution < 1.29 is 4.74 Å². The molecule has 2 aromatic heterocycles. The second-order valence-electron chi connectivity index (χ2n) is 7.40. The number of benzene rings is 3. The van der Waals surface area contributed by atoms with Crippen molar-refractivity contribution in [3.05, 3.63) is 125 Å². The quantitative estimate of drug-likeness (QED) is 0.304. The van der Waals surface area contributed by atoms with Crippen LogP contribution in [0.5, 0.6) is 5.75 Å². The largest absolute Gasteiger partial charge is 0.497 e. The highest BCUT2D eigenvalue weighted by Crippen LogP contribution is 2.41. The first-order chi connectivity index (χ1) is 15.7. The van der Waals surface area contributed by atoms with Gasteiger partial charge in [-0.25, -0.2) is 9.50 Å². The number of rotatable bonds is 6. The van der Waals surface area contributed by atoms with Crippen molar-refractivity contribution in [1.29, 1.82) is 0 Å². The number of ether oxygens (including phenoxy) is 1. The van der Waals surface area contributed by atoms with Gasteiger partial charge in [0.15, 0.2) is 5.82 Å². The van der Waals surface area contributed by atoms with Crippen LogP contribution in [0.1, 0.15) is 16.7 Å². The fourth-order valence-electron chi connectivity index (χ4n) is 4.11. The fourth-order valence-corrected chi connectivity index (χ4v) is 4.52. The first-order valence-electron chi connectivity index (χ1n) is 10.2. The van der Waals surface area contributed by atoms with Crippen LogP contribution in [0.3, 0.4) is 0 Å².